The van der Waals surface area contributed by atoms with Crippen LogP contribution in [-0.4, -0.2) is 17.3 Å². The molecule has 0 spiro atoms. The molecule has 0 N–H and O–H groups in total. The number of hydrogen-bond donors (Lipinski definition) is 0. The molecular formula is C19H17N3O3. The zero-order chi connectivity index (χ0) is 17.8. The Kier molecular flexibility index (Phi) is 4.66. The molecule has 0 aliphatic carbocycles. The van der Waals surface area contributed by atoms with Gasteiger partial charge in [0.2, 0.25) is 0 Å². The van der Waals surface area contributed by atoms with Gasteiger partial charge in [-0.05, 0) is 37.6 Å². The Morgan fingerprint density at radius 3 is 2.56 bits per heavy atom. The van der Waals surface area contributed by atoms with Crippen molar-refractivity contribution in [1.82, 2.24) is 10.1 Å². The van der Waals surface area contributed by atoms with Gasteiger partial charge in [-0.1, -0.05) is 17.3 Å². The second-order valence-corrected chi connectivity index (χ2v) is 5.53. The van der Waals surface area contributed by atoms with Crippen molar-refractivity contribution in [3.05, 3.63) is 59.1 Å². The van der Waals surface area contributed by atoms with Gasteiger partial charge < -0.3 is 14.0 Å². The van der Waals surface area contributed by atoms with Crippen LogP contribution in [0.1, 0.15) is 22.6 Å². The highest BCUT2D eigenvalue weighted by Gasteiger charge is 2.15. The van der Waals surface area contributed by atoms with Gasteiger partial charge in [-0.3, -0.25) is 0 Å². The number of pyridine rings is 1. The summed E-state index contributed by atoms with van der Waals surface area (Å²) in [6.45, 7) is 4.08. The maximum absolute atomic E-state index is 8.85. The lowest BCUT2D eigenvalue weighted by atomic mass is 10.1. The SMILES string of the molecule is COc1ncc(-c2c(C)noc2C)cc1OCc1ccc(C#N)cc1. The van der Waals surface area contributed by atoms with E-state index in [-0.39, 0.29) is 0 Å². The summed E-state index contributed by atoms with van der Waals surface area (Å²) < 4.78 is 16.4. The fourth-order valence-electron chi connectivity index (χ4n) is 2.56. The highest BCUT2D eigenvalue weighted by atomic mass is 16.5. The Bertz CT molecular complexity index is 905. The van der Waals surface area contributed by atoms with Gasteiger partial charge in [-0.25, -0.2) is 4.98 Å². The van der Waals surface area contributed by atoms with Crippen LogP contribution < -0.4 is 9.47 Å². The van der Waals surface area contributed by atoms with Gasteiger partial charge in [0, 0.05) is 17.3 Å². The van der Waals surface area contributed by atoms with E-state index in [4.69, 9.17) is 19.3 Å². The first kappa shape index (κ1) is 16.5. The van der Waals surface area contributed by atoms with E-state index in [1.54, 1.807) is 25.4 Å². The number of methoxy groups -OCH3 is 1. The Hall–Kier alpha value is -3.33. The first-order valence-corrected chi connectivity index (χ1v) is 7.71. The molecule has 1 aromatic carbocycles. The van der Waals surface area contributed by atoms with E-state index in [0.29, 0.717) is 23.8 Å². The molecule has 0 fully saturated rings. The standard InChI is InChI=1S/C19H17N3O3/c1-12-18(13(2)25-22-12)16-8-17(19(23-3)21-10-16)24-11-15-6-4-14(9-20)5-7-15/h4-8,10H,11H2,1-3H3. The third-order valence-electron chi connectivity index (χ3n) is 3.81. The van der Waals surface area contributed by atoms with E-state index < -0.39 is 0 Å². The molecule has 2 aromatic heterocycles. The van der Waals surface area contributed by atoms with Gasteiger partial charge in [0.05, 0.1) is 24.4 Å². The molecule has 0 bridgehead atoms. The molecule has 2 heterocycles. The van der Waals surface area contributed by atoms with Crippen LogP contribution in [0.4, 0.5) is 0 Å². The first-order valence-electron chi connectivity index (χ1n) is 7.71. The summed E-state index contributed by atoms with van der Waals surface area (Å²) in [6.07, 6.45) is 1.71. The van der Waals surface area contributed by atoms with Gasteiger partial charge in [0.15, 0.2) is 5.75 Å². The predicted octanol–water partition coefficient (Wildman–Crippen LogP) is 3.81. The number of nitrogens with zero attached hydrogens (tertiary/aromatic N) is 3. The highest BCUT2D eigenvalue weighted by Crippen LogP contribution is 2.33. The number of aromatic nitrogens is 2. The van der Waals surface area contributed by atoms with Crippen molar-refractivity contribution in [2.45, 2.75) is 20.5 Å². The van der Waals surface area contributed by atoms with E-state index in [1.807, 2.05) is 32.0 Å². The molecule has 0 radical (unpaired) electrons. The van der Waals surface area contributed by atoms with Gasteiger partial charge in [-0.2, -0.15) is 5.26 Å². The van der Waals surface area contributed by atoms with E-state index >= 15 is 0 Å². The quantitative estimate of drug-likeness (QED) is 0.705. The lowest BCUT2D eigenvalue weighted by Crippen LogP contribution is -2.00. The van der Waals surface area contributed by atoms with Crippen LogP contribution in [0.3, 0.4) is 0 Å². The number of ether oxygens (including phenoxy) is 2. The normalized spacial score (nSPS) is 10.3. The average molecular weight is 335 g/mol. The second kappa shape index (κ2) is 7.05. The van der Waals surface area contributed by atoms with Crippen molar-refractivity contribution < 1.29 is 14.0 Å². The van der Waals surface area contributed by atoms with Crippen LogP contribution in [0, 0.1) is 25.2 Å². The van der Waals surface area contributed by atoms with Crippen LogP contribution in [0.2, 0.25) is 0 Å². The maximum atomic E-state index is 8.85. The zero-order valence-corrected chi connectivity index (χ0v) is 14.2. The third-order valence-corrected chi connectivity index (χ3v) is 3.81. The topological polar surface area (TPSA) is 81.2 Å². The van der Waals surface area contributed by atoms with Gasteiger partial charge in [0.25, 0.3) is 5.88 Å². The van der Waals surface area contributed by atoms with Gasteiger partial charge >= 0.3 is 0 Å². The number of hydrogen-bond acceptors (Lipinski definition) is 6. The summed E-state index contributed by atoms with van der Waals surface area (Å²) in [6, 6.07) is 11.2. The molecule has 3 rings (SSSR count). The van der Waals surface area contributed by atoms with Gasteiger partial charge in [0.1, 0.15) is 12.4 Å². The largest absolute Gasteiger partial charge is 0.483 e. The maximum Gasteiger partial charge on any atom is 0.256 e. The Morgan fingerprint density at radius 1 is 1.20 bits per heavy atom. The van der Waals surface area contributed by atoms with Crippen molar-refractivity contribution in [3.8, 4) is 28.8 Å². The second-order valence-electron chi connectivity index (χ2n) is 5.53. The number of rotatable bonds is 5. The van der Waals surface area contributed by atoms with Crippen molar-refractivity contribution in [1.29, 1.82) is 5.26 Å². The molecule has 0 unspecified atom stereocenters. The summed E-state index contributed by atoms with van der Waals surface area (Å²) >= 11 is 0. The number of benzene rings is 1. The van der Waals surface area contributed by atoms with E-state index in [1.165, 1.54) is 0 Å². The smallest absolute Gasteiger partial charge is 0.256 e. The fourth-order valence-corrected chi connectivity index (χ4v) is 2.56. The van der Waals surface area contributed by atoms with Crippen LogP contribution >= 0.6 is 0 Å². The molecule has 126 valence electrons. The van der Waals surface area contributed by atoms with Crippen LogP contribution in [-0.2, 0) is 6.61 Å². The molecule has 0 aliphatic rings. The fraction of sp³-hybridized carbons (Fsp3) is 0.211. The Labute approximate surface area is 145 Å². The monoisotopic (exact) mass is 335 g/mol. The molecule has 0 aliphatic heterocycles. The Balaban J connectivity index is 1.86. The Morgan fingerprint density at radius 2 is 1.96 bits per heavy atom. The highest BCUT2D eigenvalue weighted by molar-refractivity contribution is 5.68. The summed E-state index contributed by atoms with van der Waals surface area (Å²) in [4.78, 5) is 4.32. The van der Waals surface area contributed by atoms with E-state index in [2.05, 4.69) is 16.2 Å². The van der Waals surface area contributed by atoms with Crippen molar-refractivity contribution in [3.63, 3.8) is 0 Å². The van der Waals surface area contributed by atoms with Crippen LogP contribution in [0.25, 0.3) is 11.1 Å². The van der Waals surface area contributed by atoms with Crippen LogP contribution in [0.5, 0.6) is 11.6 Å². The minimum absolute atomic E-state index is 0.342. The van der Waals surface area contributed by atoms with Crippen molar-refractivity contribution in [2.24, 2.45) is 0 Å². The molecule has 3 aromatic rings. The third kappa shape index (κ3) is 3.45. The molecular weight excluding hydrogens is 318 g/mol. The lowest BCUT2D eigenvalue weighted by molar-refractivity contribution is 0.279. The molecule has 6 heteroatoms. The molecule has 6 nitrogen and oxygen atoms in total. The molecule has 0 atom stereocenters. The van der Waals surface area contributed by atoms with E-state index in [9.17, 15) is 0 Å². The van der Waals surface area contributed by atoms with Crippen molar-refractivity contribution in [2.75, 3.05) is 7.11 Å². The molecule has 0 amide bonds. The zero-order valence-electron chi connectivity index (χ0n) is 14.2. The summed E-state index contributed by atoms with van der Waals surface area (Å²) in [5.41, 5.74) is 4.11. The van der Waals surface area contributed by atoms with Crippen LogP contribution in [0.15, 0.2) is 41.1 Å². The molecule has 25 heavy (non-hydrogen) atoms. The first-order chi connectivity index (χ1) is 12.1. The summed E-state index contributed by atoms with van der Waals surface area (Å²) in [7, 11) is 1.55. The van der Waals surface area contributed by atoms with Gasteiger partial charge in [-0.15, -0.1) is 0 Å². The summed E-state index contributed by atoms with van der Waals surface area (Å²) in [5.74, 6) is 1.66. The number of aryl methyl sites for hydroxylation is 2. The lowest BCUT2D eigenvalue weighted by Gasteiger charge is -2.11. The minimum atomic E-state index is 0.342. The number of nitriles is 1. The average Bonchev–Trinajstić information content (AvgIpc) is 2.98. The van der Waals surface area contributed by atoms with Crippen molar-refractivity contribution >= 4 is 0 Å². The van der Waals surface area contributed by atoms with E-state index in [0.717, 1.165) is 28.1 Å². The molecule has 0 saturated heterocycles. The molecule has 0 saturated carbocycles. The predicted molar refractivity (Wildman–Crippen MR) is 91.2 cm³/mol. The minimum Gasteiger partial charge on any atom is -0.483 e. The summed E-state index contributed by atoms with van der Waals surface area (Å²) in [5, 5.41) is 12.8.